The van der Waals surface area contributed by atoms with Gasteiger partial charge in [0.25, 0.3) is 0 Å². The van der Waals surface area contributed by atoms with Crippen LogP contribution < -0.4 is 5.73 Å². The van der Waals surface area contributed by atoms with Crippen LogP contribution in [0.15, 0.2) is 0 Å². The van der Waals surface area contributed by atoms with E-state index in [1.807, 2.05) is 0 Å². The van der Waals surface area contributed by atoms with Gasteiger partial charge in [-0.3, -0.25) is 0 Å². The van der Waals surface area contributed by atoms with Crippen LogP contribution in [-0.2, 0) is 4.74 Å². The first kappa shape index (κ1) is 12.9. The molecule has 0 aromatic heterocycles. The molecule has 0 amide bonds. The monoisotopic (exact) mass is 214 g/mol. The minimum absolute atomic E-state index is 0.113. The van der Waals surface area contributed by atoms with Crippen LogP contribution >= 0.6 is 0 Å². The number of likely N-dealkylation sites (N-methyl/N-ethyl adjacent to an activating group) is 1. The molecular formula is C12H26N2O. The summed E-state index contributed by atoms with van der Waals surface area (Å²) in [4.78, 5) is 2.27. The minimum atomic E-state index is 0.113. The second-order valence-electron chi connectivity index (χ2n) is 5.08. The summed E-state index contributed by atoms with van der Waals surface area (Å²) in [5.74, 6) is 0.617. The van der Waals surface area contributed by atoms with Crippen molar-refractivity contribution >= 4 is 0 Å². The largest absolute Gasteiger partial charge is 0.381 e. The van der Waals surface area contributed by atoms with E-state index in [0.717, 1.165) is 32.5 Å². The predicted molar refractivity (Wildman–Crippen MR) is 63.9 cm³/mol. The average molecular weight is 214 g/mol. The van der Waals surface area contributed by atoms with E-state index in [0.29, 0.717) is 5.92 Å². The second-order valence-corrected chi connectivity index (χ2v) is 5.08. The van der Waals surface area contributed by atoms with Gasteiger partial charge in [-0.25, -0.2) is 0 Å². The Morgan fingerprint density at radius 1 is 1.40 bits per heavy atom. The molecule has 1 aliphatic rings. The molecule has 0 aliphatic carbocycles. The summed E-state index contributed by atoms with van der Waals surface area (Å²) in [5, 5.41) is 0. The summed E-state index contributed by atoms with van der Waals surface area (Å²) in [6, 6.07) is 0.251. The molecule has 0 radical (unpaired) electrons. The Kier molecular flexibility index (Phi) is 4.56. The van der Waals surface area contributed by atoms with Gasteiger partial charge in [-0.15, -0.1) is 0 Å². The van der Waals surface area contributed by atoms with Gasteiger partial charge in [0.2, 0.25) is 0 Å². The van der Waals surface area contributed by atoms with Crippen molar-refractivity contribution in [3.8, 4) is 0 Å². The Bertz CT molecular complexity index is 190. The quantitative estimate of drug-likeness (QED) is 0.770. The zero-order valence-electron chi connectivity index (χ0n) is 10.6. The molecule has 2 unspecified atom stereocenters. The fourth-order valence-electron chi connectivity index (χ4n) is 2.43. The maximum absolute atomic E-state index is 6.44. The van der Waals surface area contributed by atoms with Crippen LogP contribution in [0.4, 0.5) is 0 Å². The standard InChI is InChI=1S/C12H26N2O/c1-5-12(2,14(3)4)11(13)10-6-8-15-9-7-10/h10-11H,5-9,13H2,1-4H3. The summed E-state index contributed by atoms with van der Waals surface area (Å²) in [6.07, 6.45) is 3.33. The Hall–Kier alpha value is -0.120. The van der Waals surface area contributed by atoms with Gasteiger partial charge in [0.15, 0.2) is 0 Å². The van der Waals surface area contributed by atoms with Crippen LogP contribution in [0.25, 0.3) is 0 Å². The van der Waals surface area contributed by atoms with Gasteiger partial charge < -0.3 is 15.4 Å². The van der Waals surface area contributed by atoms with Gasteiger partial charge in [0, 0.05) is 24.8 Å². The molecule has 2 N–H and O–H groups in total. The molecule has 0 saturated carbocycles. The molecule has 1 heterocycles. The van der Waals surface area contributed by atoms with E-state index in [-0.39, 0.29) is 11.6 Å². The predicted octanol–water partition coefficient (Wildman–Crippen LogP) is 1.47. The maximum Gasteiger partial charge on any atom is 0.0469 e. The van der Waals surface area contributed by atoms with Crippen molar-refractivity contribution in [3.63, 3.8) is 0 Å². The topological polar surface area (TPSA) is 38.5 Å². The van der Waals surface area contributed by atoms with E-state index < -0.39 is 0 Å². The third-order valence-electron chi connectivity index (χ3n) is 4.23. The fourth-order valence-corrected chi connectivity index (χ4v) is 2.43. The molecule has 0 spiro atoms. The van der Waals surface area contributed by atoms with Crippen molar-refractivity contribution < 1.29 is 4.74 Å². The molecule has 3 nitrogen and oxygen atoms in total. The van der Waals surface area contributed by atoms with Crippen molar-refractivity contribution in [3.05, 3.63) is 0 Å². The zero-order valence-corrected chi connectivity index (χ0v) is 10.6. The molecule has 1 saturated heterocycles. The zero-order chi connectivity index (χ0) is 11.5. The molecule has 90 valence electrons. The summed E-state index contributed by atoms with van der Waals surface area (Å²) >= 11 is 0. The summed E-state index contributed by atoms with van der Waals surface area (Å²) in [6.45, 7) is 6.25. The lowest BCUT2D eigenvalue weighted by Gasteiger charge is -2.45. The lowest BCUT2D eigenvalue weighted by atomic mass is 9.77. The molecule has 0 bridgehead atoms. The molecule has 0 aromatic rings. The van der Waals surface area contributed by atoms with E-state index in [1.165, 1.54) is 0 Å². The van der Waals surface area contributed by atoms with E-state index >= 15 is 0 Å². The van der Waals surface area contributed by atoms with Crippen LogP contribution in [0, 0.1) is 5.92 Å². The van der Waals surface area contributed by atoms with Crippen molar-refractivity contribution in [2.24, 2.45) is 11.7 Å². The van der Waals surface area contributed by atoms with Gasteiger partial charge in [0.1, 0.15) is 0 Å². The Labute approximate surface area is 94.0 Å². The van der Waals surface area contributed by atoms with Gasteiger partial charge >= 0.3 is 0 Å². The minimum Gasteiger partial charge on any atom is -0.381 e. The Morgan fingerprint density at radius 3 is 2.33 bits per heavy atom. The van der Waals surface area contributed by atoms with E-state index in [4.69, 9.17) is 10.5 Å². The molecular weight excluding hydrogens is 188 g/mol. The number of rotatable bonds is 4. The van der Waals surface area contributed by atoms with Crippen LogP contribution in [0.3, 0.4) is 0 Å². The Morgan fingerprint density at radius 2 is 1.93 bits per heavy atom. The highest BCUT2D eigenvalue weighted by molar-refractivity contribution is 4.96. The van der Waals surface area contributed by atoms with Crippen molar-refractivity contribution in [2.45, 2.75) is 44.7 Å². The molecule has 0 aromatic carbocycles. The van der Waals surface area contributed by atoms with Gasteiger partial charge in [0.05, 0.1) is 0 Å². The average Bonchev–Trinajstić information content (AvgIpc) is 2.28. The first-order chi connectivity index (χ1) is 7.02. The van der Waals surface area contributed by atoms with Crippen LogP contribution in [-0.4, -0.2) is 43.8 Å². The molecule has 15 heavy (non-hydrogen) atoms. The summed E-state index contributed by atoms with van der Waals surface area (Å²) < 4.78 is 5.39. The van der Waals surface area contributed by atoms with Gasteiger partial charge in [-0.2, -0.15) is 0 Å². The summed E-state index contributed by atoms with van der Waals surface area (Å²) in [5.41, 5.74) is 6.55. The smallest absolute Gasteiger partial charge is 0.0469 e. The molecule has 3 heteroatoms. The highest BCUT2D eigenvalue weighted by atomic mass is 16.5. The van der Waals surface area contributed by atoms with Crippen LogP contribution in [0.1, 0.15) is 33.1 Å². The van der Waals surface area contributed by atoms with E-state index in [9.17, 15) is 0 Å². The number of hydrogen-bond acceptors (Lipinski definition) is 3. The van der Waals surface area contributed by atoms with Crippen molar-refractivity contribution in [1.82, 2.24) is 4.90 Å². The van der Waals surface area contributed by atoms with Crippen molar-refractivity contribution in [1.29, 1.82) is 0 Å². The van der Waals surface area contributed by atoms with E-state index in [1.54, 1.807) is 0 Å². The maximum atomic E-state index is 6.44. The first-order valence-corrected chi connectivity index (χ1v) is 6.03. The lowest BCUT2D eigenvalue weighted by molar-refractivity contribution is 0.0243. The third kappa shape index (κ3) is 2.71. The van der Waals surface area contributed by atoms with Crippen LogP contribution in [0.2, 0.25) is 0 Å². The molecule has 2 atom stereocenters. The highest BCUT2D eigenvalue weighted by Crippen LogP contribution is 2.29. The second kappa shape index (κ2) is 5.28. The number of hydrogen-bond donors (Lipinski definition) is 1. The first-order valence-electron chi connectivity index (χ1n) is 6.03. The normalized spacial score (nSPS) is 25.2. The number of nitrogens with zero attached hydrogens (tertiary/aromatic N) is 1. The molecule has 1 aliphatic heterocycles. The fraction of sp³-hybridized carbons (Fsp3) is 1.00. The third-order valence-corrected chi connectivity index (χ3v) is 4.23. The van der Waals surface area contributed by atoms with Crippen molar-refractivity contribution in [2.75, 3.05) is 27.3 Å². The molecule has 1 rings (SSSR count). The lowest BCUT2D eigenvalue weighted by Crippen LogP contribution is -2.58. The Balaban J connectivity index is 2.66. The van der Waals surface area contributed by atoms with E-state index in [2.05, 4.69) is 32.8 Å². The van der Waals surface area contributed by atoms with Crippen LogP contribution in [0.5, 0.6) is 0 Å². The van der Waals surface area contributed by atoms with Gasteiger partial charge in [-0.05, 0) is 46.2 Å². The highest BCUT2D eigenvalue weighted by Gasteiger charge is 2.37. The number of ether oxygens (including phenoxy) is 1. The SMILES string of the molecule is CCC(C)(C(N)C1CCOCC1)N(C)C. The molecule has 1 fully saturated rings. The number of nitrogens with two attached hydrogens (primary N) is 1. The summed E-state index contributed by atoms with van der Waals surface area (Å²) in [7, 11) is 4.26. The van der Waals surface area contributed by atoms with Gasteiger partial charge in [-0.1, -0.05) is 6.92 Å².